The summed E-state index contributed by atoms with van der Waals surface area (Å²) in [6.45, 7) is -0.0455. The number of carbonyl (C=O) groups excluding carboxylic acids is 1. The molecule has 0 bridgehead atoms. The molecule has 0 atom stereocenters. The Morgan fingerprint density at radius 2 is 1.94 bits per heavy atom. The lowest BCUT2D eigenvalue weighted by Gasteiger charge is -2.05. The van der Waals surface area contributed by atoms with Gasteiger partial charge in [0.05, 0.1) is 12.2 Å². The summed E-state index contributed by atoms with van der Waals surface area (Å²) >= 11 is 0. The Bertz CT molecular complexity index is 538. The quantitative estimate of drug-likeness (QED) is 0.814. The average molecular weight is 246 g/mol. The van der Waals surface area contributed by atoms with Crippen molar-refractivity contribution in [2.75, 3.05) is 5.32 Å². The summed E-state index contributed by atoms with van der Waals surface area (Å²) in [7, 11) is 0. The van der Waals surface area contributed by atoms with Crippen molar-refractivity contribution in [1.82, 2.24) is 4.98 Å². The molecule has 18 heavy (non-hydrogen) atoms. The van der Waals surface area contributed by atoms with Crippen LogP contribution >= 0.6 is 0 Å². The Hall–Kier alpha value is -2.27. The third-order valence-electron chi connectivity index (χ3n) is 2.38. The van der Waals surface area contributed by atoms with Gasteiger partial charge in [-0.25, -0.2) is 4.98 Å². The van der Waals surface area contributed by atoms with Crippen molar-refractivity contribution in [3.05, 3.63) is 59.7 Å². The van der Waals surface area contributed by atoms with Crippen molar-refractivity contribution in [2.24, 2.45) is 0 Å². The molecule has 0 fully saturated rings. The maximum absolute atomic E-state index is 12.6. The fourth-order valence-electron chi connectivity index (χ4n) is 1.41. The third kappa shape index (κ3) is 2.89. The Morgan fingerprint density at radius 1 is 1.22 bits per heavy atom. The highest BCUT2D eigenvalue weighted by atomic mass is 19.1. The molecule has 1 amide bonds. The van der Waals surface area contributed by atoms with E-state index < -0.39 is 5.95 Å². The van der Waals surface area contributed by atoms with E-state index in [-0.39, 0.29) is 18.1 Å². The summed E-state index contributed by atoms with van der Waals surface area (Å²) in [5.74, 6) is -0.988. The van der Waals surface area contributed by atoms with Gasteiger partial charge in [-0.15, -0.1) is 0 Å². The van der Waals surface area contributed by atoms with Crippen LogP contribution in [-0.2, 0) is 6.61 Å². The first-order chi connectivity index (χ1) is 8.69. The zero-order valence-corrected chi connectivity index (χ0v) is 9.43. The van der Waals surface area contributed by atoms with E-state index in [9.17, 15) is 9.18 Å². The highest BCUT2D eigenvalue weighted by molar-refractivity contribution is 6.03. The second-order valence-corrected chi connectivity index (χ2v) is 3.68. The summed E-state index contributed by atoms with van der Waals surface area (Å²) in [6, 6.07) is 9.27. The van der Waals surface area contributed by atoms with Crippen LogP contribution in [0.5, 0.6) is 0 Å². The van der Waals surface area contributed by atoms with Gasteiger partial charge in [-0.05, 0) is 29.8 Å². The fourth-order valence-corrected chi connectivity index (χ4v) is 1.41. The molecule has 1 aromatic heterocycles. The van der Waals surface area contributed by atoms with Gasteiger partial charge in [0.15, 0.2) is 0 Å². The van der Waals surface area contributed by atoms with E-state index in [1.807, 2.05) is 0 Å². The van der Waals surface area contributed by atoms with Gasteiger partial charge < -0.3 is 10.4 Å². The minimum Gasteiger partial charge on any atom is -0.392 e. The zero-order chi connectivity index (χ0) is 13.0. The Morgan fingerprint density at radius 3 is 2.50 bits per heavy atom. The summed E-state index contributed by atoms with van der Waals surface area (Å²) in [5.41, 5.74) is 1.64. The molecular formula is C13H11FN2O2. The van der Waals surface area contributed by atoms with Crippen LogP contribution in [0.4, 0.5) is 10.1 Å². The molecular weight excluding hydrogens is 235 g/mol. The molecule has 4 nitrogen and oxygen atoms in total. The summed E-state index contributed by atoms with van der Waals surface area (Å²) in [6.07, 6.45) is 1.17. The SMILES string of the molecule is O=C(Nc1ccc(CO)cc1)c1ccc(F)nc1. The number of hydrogen-bond acceptors (Lipinski definition) is 3. The zero-order valence-electron chi connectivity index (χ0n) is 9.43. The smallest absolute Gasteiger partial charge is 0.257 e. The number of amides is 1. The van der Waals surface area contributed by atoms with Crippen molar-refractivity contribution in [3.8, 4) is 0 Å². The molecule has 0 radical (unpaired) electrons. The molecule has 0 saturated carbocycles. The van der Waals surface area contributed by atoms with Crippen LogP contribution in [-0.4, -0.2) is 16.0 Å². The van der Waals surface area contributed by atoms with Crippen LogP contribution in [0.2, 0.25) is 0 Å². The van der Waals surface area contributed by atoms with Gasteiger partial charge in [-0.1, -0.05) is 12.1 Å². The molecule has 2 rings (SSSR count). The first kappa shape index (κ1) is 12.2. The van der Waals surface area contributed by atoms with Gasteiger partial charge in [0.2, 0.25) is 5.95 Å². The van der Waals surface area contributed by atoms with Gasteiger partial charge in [-0.3, -0.25) is 4.79 Å². The van der Waals surface area contributed by atoms with Gasteiger partial charge >= 0.3 is 0 Å². The predicted molar refractivity (Wildman–Crippen MR) is 64.5 cm³/mol. The van der Waals surface area contributed by atoms with E-state index >= 15 is 0 Å². The van der Waals surface area contributed by atoms with Crippen molar-refractivity contribution in [2.45, 2.75) is 6.61 Å². The van der Waals surface area contributed by atoms with Crippen LogP contribution in [0, 0.1) is 5.95 Å². The lowest BCUT2D eigenvalue weighted by atomic mass is 10.2. The van der Waals surface area contributed by atoms with Crippen LogP contribution in [0.3, 0.4) is 0 Å². The monoisotopic (exact) mass is 246 g/mol. The second-order valence-electron chi connectivity index (χ2n) is 3.68. The predicted octanol–water partition coefficient (Wildman–Crippen LogP) is 1.97. The molecule has 0 aliphatic heterocycles. The molecule has 0 unspecified atom stereocenters. The molecule has 1 aromatic carbocycles. The van der Waals surface area contributed by atoms with Gasteiger partial charge in [0.25, 0.3) is 5.91 Å². The van der Waals surface area contributed by atoms with Crippen LogP contribution in [0.25, 0.3) is 0 Å². The number of anilines is 1. The highest BCUT2D eigenvalue weighted by Crippen LogP contribution is 2.11. The van der Waals surface area contributed by atoms with Crippen LogP contribution in [0.1, 0.15) is 15.9 Å². The number of rotatable bonds is 3. The van der Waals surface area contributed by atoms with E-state index in [2.05, 4.69) is 10.3 Å². The number of halogens is 1. The second kappa shape index (κ2) is 5.37. The number of aliphatic hydroxyl groups excluding tert-OH is 1. The van der Waals surface area contributed by atoms with E-state index in [1.54, 1.807) is 24.3 Å². The maximum atomic E-state index is 12.6. The molecule has 5 heteroatoms. The number of aromatic nitrogens is 1. The Balaban J connectivity index is 2.08. The Labute approximate surface area is 103 Å². The maximum Gasteiger partial charge on any atom is 0.257 e. The standard InChI is InChI=1S/C13H11FN2O2/c14-12-6-3-10(7-15-12)13(18)16-11-4-1-9(8-17)2-5-11/h1-7,17H,8H2,(H,16,18). The lowest BCUT2D eigenvalue weighted by molar-refractivity contribution is 0.102. The molecule has 2 aromatic rings. The lowest BCUT2D eigenvalue weighted by Crippen LogP contribution is -2.12. The molecule has 0 aliphatic carbocycles. The number of nitrogens with one attached hydrogen (secondary N) is 1. The number of carbonyl (C=O) groups is 1. The molecule has 0 aliphatic rings. The van der Waals surface area contributed by atoms with E-state index in [1.165, 1.54) is 12.3 Å². The van der Waals surface area contributed by atoms with Crippen LogP contribution in [0.15, 0.2) is 42.6 Å². The van der Waals surface area contributed by atoms with Crippen molar-refractivity contribution >= 4 is 11.6 Å². The van der Waals surface area contributed by atoms with Crippen molar-refractivity contribution in [3.63, 3.8) is 0 Å². The molecule has 92 valence electrons. The fraction of sp³-hybridized carbons (Fsp3) is 0.0769. The largest absolute Gasteiger partial charge is 0.392 e. The number of pyridine rings is 1. The Kier molecular flexibility index (Phi) is 3.64. The number of aliphatic hydroxyl groups is 1. The van der Waals surface area contributed by atoms with E-state index in [4.69, 9.17) is 5.11 Å². The summed E-state index contributed by atoms with van der Waals surface area (Å²) in [4.78, 5) is 15.2. The normalized spacial score (nSPS) is 10.1. The number of nitrogens with zero attached hydrogens (tertiary/aromatic N) is 1. The topological polar surface area (TPSA) is 62.2 Å². The summed E-state index contributed by atoms with van der Waals surface area (Å²) in [5, 5.41) is 11.5. The summed E-state index contributed by atoms with van der Waals surface area (Å²) < 4.78 is 12.6. The molecule has 0 spiro atoms. The number of hydrogen-bond donors (Lipinski definition) is 2. The third-order valence-corrected chi connectivity index (χ3v) is 2.38. The minimum absolute atomic E-state index is 0.0455. The van der Waals surface area contributed by atoms with E-state index in [0.717, 1.165) is 11.6 Å². The first-order valence-electron chi connectivity index (χ1n) is 5.32. The van der Waals surface area contributed by atoms with Gasteiger partial charge in [-0.2, -0.15) is 4.39 Å². The van der Waals surface area contributed by atoms with Crippen molar-refractivity contribution < 1.29 is 14.3 Å². The average Bonchev–Trinajstić information content (AvgIpc) is 2.40. The highest BCUT2D eigenvalue weighted by Gasteiger charge is 2.06. The van der Waals surface area contributed by atoms with Gasteiger partial charge in [0, 0.05) is 11.9 Å². The first-order valence-corrected chi connectivity index (χ1v) is 5.32. The van der Waals surface area contributed by atoms with Gasteiger partial charge in [0.1, 0.15) is 0 Å². The molecule has 0 saturated heterocycles. The van der Waals surface area contributed by atoms with E-state index in [0.29, 0.717) is 5.69 Å². The number of benzene rings is 1. The minimum atomic E-state index is -0.626. The molecule has 1 heterocycles. The van der Waals surface area contributed by atoms with Crippen molar-refractivity contribution in [1.29, 1.82) is 0 Å². The molecule has 2 N–H and O–H groups in total. The van der Waals surface area contributed by atoms with Crippen LogP contribution < -0.4 is 5.32 Å².